The van der Waals surface area contributed by atoms with Crippen LogP contribution in [0.15, 0.2) is 173 Å². The Labute approximate surface area is 270 Å². The van der Waals surface area contributed by atoms with Gasteiger partial charge in [0, 0.05) is 21.5 Å². The molecule has 3 heteroatoms. The van der Waals surface area contributed by atoms with Crippen molar-refractivity contribution in [2.45, 2.75) is 0 Å². The molecule has 0 spiro atoms. The van der Waals surface area contributed by atoms with Crippen LogP contribution in [0.25, 0.3) is 82.6 Å². The quantitative estimate of drug-likeness (QED) is 0.149. The molecule has 0 amide bonds. The van der Waals surface area contributed by atoms with E-state index in [2.05, 4.69) is 89.3 Å². The number of rotatable bonds is 4. The molecule has 47 heavy (non-hydrogen) atoms. The molecule has 7 aromatic carbocycles. The predicted molar refractivity (Wildman–Crippen MR) is 195 cm³/mol. The number of hydrogen-bond acceptors (Lipinski definition) is 2. The summed E-state index contributed by atoms with van der Waals surface area (Å²) in [5, 5.41) is 2.35. The smallest absolute Gasteiger partial charge is 0.197 e. The Morgan fingerprint density at radius 3 is 1.04 bits per heavy atom. The summed E-state index contributed by atoms with van der Waals surface area (Å²) in [7, 11) is 0. The number of hydrogen-bond donors (Lipinski definition) is 0. The molecule has 0 unspecified atom stereocenters. The van der Waals surface area contributed by atoms with Crippen molar-refractivity contribution in [2.24, 2.45) is 0 Å². The van der Waals surface area contributed by atoms with Gasteiger partial charge >= 0.3 is 0 Å². The Balaban J connectivity index is 1.21. The van der Waals surface area contributed by atoms with Gasteiger partial charge in [-0.05, 0) is 80.9 Å². The molecule has 220 valence electrons. The maximum atomic E-state index is 14.0. The van der Waals surface area contributed by atoms with E-state index in [0.717, 1.165) is 55.5 Å². The number of fused-ring (bicyclic) bond motifs is 4. The highest BCUT2D eigenvalue weighted by Crippen LogP contribution is 2.32. The summed E-state index contributed by atoms with van der Waals surface area (Å²) in [4.78, 5) is 28.0. The molecule has 0 saturated carbocycles. The van der Waals surface area contributed by atoms with Crippen molar-refractivity contribution in [3.63, 3.8) is 0 Å². The Morgan fingerprint density at radius 2 is 0.638 bits per heavy atom. The summed E-state index contributed by atoms with van der Waals surface area (Å²) in [6, 6.07) is 55.1. The molecule has 2 heterocycles. The van der Waals surface area contributed by atoms with Gasteiger partial charge in [-0.2, -0.15) is 0 Å². The fourth-order valence-corrected chi connectivity index (χ4v) is 6.97. The Bertz CT molecular complexity index is 2540. The molecular formula is C44H27NO2. The van der Waals surface area contributed by atoms with Crippen molar-refractivity contribution in [3.05, 3.63) is 184 Å². The summed E-state index contributed by atoms with van der Waals surface area (Å²) in [6.07, 6.45) is 0. The third-order valence-electron chi connectivity index (χ3n) is 9.36. The highest BCUT2D eigenvalue weighted by molar-refractivity contribution is 6.08. The van der Waals surface area contributed by atoms with Crippen molar-refractivity contribution in [3.8, 4) is 44.5 Å². The minimum atomic E-state index is -0.0674. The van der Waals surface area contributed by atoms with Gasteiger partial charge in [0.2, 0.25) is 0 Å². The zero-order valence-electron chi connectivity index (χ0n) is 25.4. The molecule has 0 fully saturated rings. The van der Waals surface area contributed by atoms with E-state index in [1.807, 2.05) is 78.9 Å². The van der Waals surface area contributed by atoms with Crippen LogP contribution in [-0.2, 0) is 0 Å². The first kappa shape index (κ1) is 27.0. The lowest BCUT2D eigenvalue weighted by Gasteiger charge is -2.16. The van der Waals surface area contributed by atoms with E-state index in [9.17, 15) is 9.59 Å². The molecule has 0 saturated heterocycles. The molecule has 2 aromatic heterocycles. The normalized spacial score (nSPS) is 11.6. The minimum absolute atomic E-state index is 0.0674. The van der Waals surface area contributed by atoms with Crippen LogP contribution in [-0.4, -0.2) is 4.40 Å². The van der Waals surface area contributed by atoms with Gasteiger partial charge < -0.3 is 4.40 Å². The highest BCUT2D eigenvalue weighted by atomic mass is 16.1. The molecule has 3 nitrogen and oxygen atoms in total. The fourth-order valence-electron chi connectivity index (χ4n) is 6.97. The number of benzene rings is 7. The van der Waals surface area contributed by atoms with Gasteiger partial charge in [0.1, 0.15) is 0 Å². The first-order valence-electron chi connectivity index (χ1n) is 15.8. The molecule has 9 aromatic rings. The van der Waals surface area contributed by atoms with Crippen LogP contribution in [0.1, 0.15) is 0 Å². The van der Waals surface area contributed by atoms with Crippen LogP contribution >= 0.6 is 0 Å². The van der Waals surface area contributed by atoms with Crippen molar-refractivity contribution in [2.75, 3.05) is 0 Å². The molecule has 0 radical (unpaired) electrons. The molecule has 0 atom stereocenters. The van der Waals surface area contributed by atoms with Gasteiger partial charge in [0.25, 0.3) is 0 Å². The molecule has 9 rings (SSSR count). The first-order chi connectivity index (χ1) is 23.1. The fraction of sp³-hybridized carbons (Fsp3) is 0. The van der Waals surface area contributed by atoms with Crippen molar-refractivity contribution < 1.29 is 0 Å². The van der Waals surface area contributed by atoms with Crippen LogP contribution in [0.4, 0.5) is 0 Å². The van der Waals surface area contributed by atoms with Crippen molar-refractivity contribution >= 4 is 38.1 Å². The van der Waals surface area contributed by atoms with Crippen LogP contribution in [0.2, 0.25) is 0 Å². The lowest BCUT2D eigenvalue weighted by Crippen LogP contribution is -2.14. The van der Waals surface area contributed by atoms with Gasteiger partial charge in [-0.15, -0.1) is 0 Å². The lowest BCUT2D eigenvalue weighted by molar-refractivity contribution is 1.31. The van der Waals surface area contributed by atoms with E-state index in [0.29, 0.717) is 27.1 Å². The van der Waals surface area contributed by atoms with Crippen LogP contribution in [0.5, 0.6) is 0 Å². The van der Waals surface area contributed by atoms with E-state index in [-0.39, 0.29) is 10.9 Å². The third-order valence-corrected chi connectivity index (χ3v) is 9.36. The second-order valence-electron chi connectivity index (χ2n) is 12.0. The number of pyridine rings is 2. The predicted octanol–water partition coefficient (Wildman–Crippen LogP) is 10.2. The van der Waals surface area contributed by atoms with E-state index in [1.54, 1.807) is 0 Å². The zero-order chi connectivity index (χ0) is 31.5. The average Bonchev–Trinajstić information content (AvgIpc) is 3.15. The van der Waals surface area contributed by atoms with Gasteiger partial charge in [0.15, 0.2) is 10.9 Å². The number of para-hydroxylation sites is 1. The SMILES string of the molecule is O=c1c2cc(-c3ccc(-c4ccccc4)cc3)ccc2n2c3ccc(-c4ccc(-c5ccccc5)cc4)cc3c(=O)c3cccc1c32. The minimum Gasteiger partial charge on any atom is -0.308 e. The van der Waals surface area contributed by atoms with E-state index in [1.165, 1.54) is 0 Å². The maximum Gasteiger partial charge on any atom is 0.197 e. The summed E-state index contributed by atoms with van der Waals surface area (Å²) in [5.41, 5.74) is 10.7. The standard InChI is InChI=1S/C44H27NO2/c46-43-36-12-7-13-37-42(36)45(40-24-22-34(26-38(40)43)32-18-14-30(15-19-32)28-8-3-1-4-9-28)41-25-23-35(27-39(41)44(37)47)33-20-16-31(17-21-33)29-10-5-2-6-11-29/h1-27H. The van der Waals surface area contributed by atoms with E-state index in [4.69, 9.17) is 0 Å². The summed E-state index contributed by atoms with van der Waals surface area (Å²) < 4.78 is 2.10. The van der Waals surface area contributed by atoms with Gasteiger partial charge in [-0.3, -0.25) is 9.59 Å². The number of aromatic nitrogens is 1. The molecule has 0 aliphatic rings. The largest absolute Gasteiger partial charge is 0.308 e. The molecule has 0 bridgehead atoms. The van der Waals surface area contributed by atoms with Crippen LogP contribution in [0.3, 0.4) is 0 Å². The topological polar surface area (TPSA) is 38.5 Å². The van der Waals surface area contributed by atoms with E-state index < -0.39 is 0 Å². The van der Waals surface area contributed by atoms with Crippen LogP contribution < -0.4 is 10.9 Å². The Kier molecular flexibility index (Phi) is 6.12. The summed E-state index contributed by atoms with van der Waals surface area (Å²) >= 11 is 0. The Morgan fingerprint density at radius 1 is 0.298 bits per heavy atom. The van der Waals surface area contributed by atoms with Crippen molar-refractivity contribution in [1.29, 1.82) is 0 Å². The second-order valence-corrected chi connectivity index (χ2v) is 12.0. The van der Waals surface area contributed by atoms with Gasteiger partial charge in [0.05, 0.1) is 16.6 Å². The maximum absolute atomic E-state index is 14.0. The molecule has 0 aliphatic carbocycles. The third kappa shape index (κ3) is 4.36. The van der Waals surface area contributed by atoms with Crippen molar-refractivity contribution in [1.82, 2.24) is 4.40 Å². The molecular weight excluding hydrogens is 574 g/mol. The first-order valence-corrected chi connectivity index (χ1v) is 15.8. The van der Waals surface area contributed by atoms with E-state index >= 15 is 0 Å². The zero-order valence-corrected chi connectivity index (χ0v) is 25.4. The van der Waals surface area contributed by atoms with Gasteiger partial charge in [-0.1, -0.05) is 127 Å². The summed E-state index contributed by atoms with van der Waals surface area (Å²) in [6.45, 7) is 0. The Hall–Kier alpha value is -6.32. The molecule has 0 aliphatic heterocycles. The van der Waals surface area contributed by atoms with Crippen LogP contribution in [0, 0.1) is 0 Å². The highest BCUT2D eigenvalue weighted by Gasteiger charge is 2.18. The number of nitrogens with zero attached hydrogens (tertiary/aromatic N) is 1. The average molecular weight is 602 g/mol. The monoisotopic (exact) mass is 601 g/mol. The second kappa shape index (κ2) is 10.6. The van der Waals surface area contributed by atoms with Gasteiger partial charge in [-0.25, -0.2) is 0 Å². The summed E-state index contributed by atoms with van der Waals surface area (Å²) in [5.74, 6) is 0. The molecule has 0 N–H and O–H groups in total. The lowest BCUT2D eigenvalue weighted by atomic mass is 9.96.